The number of para-hydroxylation sites is 1. The van der Waals surface area contributed by atoms with Crippen LogP contribution in [-0.4, -0.2) is 37.1 Å². The quantitative estimate of drug-likeness (QED) is 0.658. The molecule has 2 aliphatic rings. The van der Waals surface area contributed by atoms with E-state index in [4.69, 9.17) is 9.15 Å². The Kier molecular flexibility index (Phi) is 3.83. The standard InChI is InChI=1S/C22H19NO4/c24-21(23-10-17-12-26-13-18(17)11-23)16-6-3-5-14(8-16)19-9-15-4-1-2-7-20(15)27-22(19)25/h1-9,17-18H,10-13H2/t17-,18+. The minimum absolute atomic E-state index is 0.0106. The number of rotatable bonds is 2. The number of carbonyl (C=O) groups is 1. The molecule has 27 heavy (non-hydrogen) atoms. The molecule has 5 rings (SSSR count). The van der Waals surface area contributed by atoms with Gasteiger partial charge in [-0.05, 0) is 29.8 Å². The highest BCUT2D eigenvalue weighted by Gasteiger charge is 2.39. The summed E-state index contributed by atoms with van der Waals surface area (Å²) in [6.45, 7) is 2.97. The summed E-state index contributed by atoms with van der Waals surface area (Å²) in [5.74, 6) is 0.908. The Labute approximate surface area is 156 Å². The third-order valence-corrected chi connectivity index (χ3v) is 5.59. The van der Waals surface area contributed by atoms with Crippen LogP contribution in [0.3, 0.4) is 0 Å². The molecule has 2 saturated heterocycles. The molecule has 1 aromatic heterocycles. The summed E-state index contributed by atoms with van der Waals surface area (Å²) in [4.78, 5) is 27.3. The van der Waals surface area contributed by atoms with Crippen LogP contribution < -0.4 is 5.63 Å². The molecular formula is C22H19NO4. The third kappa shape index (κ3) is 2.84. The lowest BCUT2D eigenvalue weighted by atomic mass is 10.0. The Hall–Kier alpha value is -2.92. The first-order valence-corrected chi connectivity index (χ1v) is 9.19. The van der Waals surface area contributed by atoms with Gasteiger partial charge in [0.1, 0.15) is 5.58 Å². The highest BCUT2D eigenvalue weighted by molar-refractivity contribution is 5.96. The Morgan fingerprint density at radius 1 is 0.963 bits per heavy atom. The van der Waals surface area contributed by atoms with Gasteiger partial charge in [-0.15, -0.1) is 0 Å². The maximum Gasteiger partial charge on any atom is 0.344 e. The number of amides is 1. The van der Waals surface area contributed by atoms with Gasteiger partial charge in [-0.1, -0.05) is 30.3 Å². The molecule has 0 spiro atoms. The van der Waals surface area contributed by atoms with Crippen LogP contribution in [0.5, 0.6) is 0 Å². The average Bonchev–Trinajstić information content (AvgIpc) is 3.29. The highest BCUT2D eigenvalue weighted by Crippen LogP contribution is 2.30. The van der Waals surface area contributed by atoms with E-state index in [0.717, 1.165) is 31.7 Å². The second-order valence-corrected chi connectivity index (χ2v) is 7.33. The Morgan fingerprint density at radius 3 is 2.56 bits per heavy atom. The lowest BCUT2D eigenvalue weighted by Crippen LogP contribution is -2.30. The number of carbonyl (C=O) groups excluding carboxylic acids is 1. The van der Waals surface area contributed by atoms with Crippen molar-refractivity contribution in [1.82, 2.24) is 4.90 Å². The molecule has 2 atom stereocenters. The van der Waals surface area contributed by atoms with Crippen molar-refractivity contribution >= 4 is 16.9 Å². The summed E-state index contributed by atoms with van der Waals surface area (Å²) < 4.78 is 10.9. The minimum atomic E-state index is -0.397. The maximum absolute atomic E-state index is 12.9. The second kappa shape index (κ2) is 6.35. The van der Waals surface area contributed by atoms with Gasteiger partial charge in [-0.3, -0.25) is 4.79 Å². The van der Waals surface area contributed by atoms with Crippen molar-refractivity contribution in [2.45, 2.75) is 0 Å². The van der Waals surface area contributed by atoms with E-state index >= 15 is 0 Å². The summed E-state index contributed by atoms with van der Waals surface area (Å²) in [7, 11) is 0. The van der Waals surface area contributed by atoms with Crippen LogP contribution in [0.4, 0.5) is 0 Å². The molecule has 0 N–H and O–H groups in total. The fourth-order valence-corrected chi connectivity index (χ4v) is 4.12. The van der Waals surface area contributed by atoms with Crippen LogP contribution in [-0.2, 0) is 4.74 Å². The lowest BCUT2D eigenvalue weighted by Gasteiger charge is -2.17. The number of benzene rings is 2. The third-order valence-electron chi connectivity index (χ3n) is 5.59. The van der Waals surface area contributed by atoms with Crippen LogP contribution in [0.1, 0.15) is 10.4 Å². The van der Waals surface area contributed by atoms with Gasteiger partial charge >= 0.3 is 5.63 Å². The largest absolute Gasteiger partial charge is 0.422 e. The first kappa shape index (κ1) is 16.3. The molecule has 3 aromatic rings. The molecule has 0 bridgehead atoms. The normalized spacial score (nSPS) is 21.6. The molecule has 5 nitrogen and oxygen atoms in total. The van der Waals surface area contributed by atoms with Crippen LogP contribution in [0.25, 0.3) is 22.1 Å². The fourth-order valence-electron chi connectivity index (χ4n) is 4.12. The van der Waals surface area contributed by atoms with E-state index in [1.165, 1.54) is 0 Å². The van der Waals surface area contributed by atoms with Crippen molar-refractivity contribution in [3.8, 4) is 11.1 Å². The summed E-state index contributed by atoms with van der Waals surface area (Å²) >= 11 is 0. The van der Waals surface area contributed by atoms with Crippen molar-refractivity contribution in [2.75, 3.05) is 26.3 Å². The van der Waals surface area contributed by atoms with Gasteiger partial charge in [-0.25, -0.2) is 4.79 Å². The van der Waals surface area contributed by atoms with E-state index in [0.29, 0.717) is 34.1 Å². The van der Waals surface area contributed by atoms with E-state index < -0.39 is 5.63 Å². The second-order valence-electron chi connectivity index (χ2n) is 7.33. The predicted molar refractivity (Wildman–Crippen MR) is 102 cm³/mol. The van der Waals surface area contributed by atoms with Gasteiger partial charge in [0, 0.05) is 35.9 Å². The predicted octanol–water partition coefficient (Wildman–Crippen LogP) is 3.18. The van der Waals surface area contributed by atoms with Crippen molar-refractivity contribution in [3.05, 3.63) is 70.6 Å². The number of likely N-dealkylation sites (tertiary alicyclic amines) is 1. The Morgan fingerprint density at radius 2 is 1.74 bits per heavy atom. The zero-order valence-corrected chi connectivity index (χ0v) is 14.8. The van der Waals surface area contributed by atoms with E-state index in [-0.39, 0.29) is 5.91 Å². The van der Waals surface area contributed by atoms with E-state index in [1.807, 2.05) is 41.3 Å². The van der Waals surface area contributed by atoms with Crippen molar-refractivity contribution in [3.63, 3.8) is 0 Å². The Balaban J connectivity index is 1.48. The van der Waals surface area contributed by atoms with Gasteiger partial charge in [0.05, 0.1) is 18.8 Å². The summed E-state index contributed by atoms with van der Waals surface area (Å²) in [6, 6.07) is 16.5. The Bertz CT molecular complexity index is 1070. The molecule has 0 saturated carbocycles. The maximum atomic E-state index is 12.9. The van der Waals surface area contributed by atoms with E-state index in [1.54, 1.807) is 18.2 Å². The molecule has 136 valence electrons. The number of fused-ring (bicyclic) bond motifs is 2. The molecular weight excluding hydrogens is 342 g/mol. The SMILES string of the molecule is O=C(c1cccc(-c2cc3ccccc3oc2=O)c1)N1C[C@H]2COC[C@H]2C1. The van der Waals surface area contributed by atoms with Crippen molar-refractivity contribution in [1.29, 1.82) is 0 Å². The van der Waals surface area contributed by atoms with Gasteiger partial charge < -0.3 is 14.1 Å². The van der Waals surface area contributed by atoms with Crippen molar-refractivity contribution < 1.29 is 13.9 Å². The molecule has 0 aliphatic carbocycles. The summed E-state index contributed by atoms with van der Waals surface area (Å²) in [6.07, 6.45) is 0. The van der Waals surface area contributed by atoms with E-state index in [2.05, 4.69) is 0 Å². The smallest absolute Gasteiger partial charge is 0.344 e. The van der Waals surface area contributed by atoms with Crippen LogP contribution in [0, 0.1) is 11.8 Å². The minimum Gasteiger partial charge on any atom is -0.422 e. The van der Waals surface area contributed by atoms with Gasteiger partial charge in [0.25, 0.3) is 5.91 Å². The topological polar surface area (TPSA) is 59.8 Å². The van der Waals surface area contributed by atoms with Gasteiger partial charge in [0.2, 0.25) is 0 Å². The summed E-state index contributed by atoms with van der Waals surface area (Å²) in [5, 5.41) is 0.858. The highest BCUT2D eigenvalue weighted by atomic mass is 16.5. The number of hydrogen-bond acceptors (Lipinski definition) is 4. The van der Waals surface area contributed by atoms with Gasteiger partial charge in [0.15, 0.2) is 0 Å². The fraction of sp³-hybridized carbons (Fsp3) is 0.273. The van der Waals surface area contributed by atoms with Crippen LogP contribution in [0.2, 0.25) is 0 Å². The summed E-state index contributed by atoms with van der Waals surface area (Å²) in [5.41, 5.74) is 1.93. The molecule has 3 heterocycles. The van der Waals surface area contributed by atoms with Gasteiger partial charge in [-0.2, -0.15) is 0 Å². The van der Waals surface area contributed by atoms with Crippen LogP contribution in [0.15, 0.2) is 63.8 Å². The van der Waals surface area contributed by atoms with Crippen LogP contribution >= 0.6 is 0 Å². The molecule has 2 aromatic carbocycles. The molecule has 2 aliphatic heterocycles. The number of hydrogen-bond donors (Lipinski definition) is 0. The molecule has 1 amide bonds. The zero-order chi connectivity index (χ0) is 18.4. The molecule has 0 radical (unpaired) electrons. The monoisotopic (exact) mass is 361 g/mol. The average molecular weight is 361 g/mol. The number of nitrogens with zero attached hydrogens (tertiary/aromatic N) is 1. The van der Waals surface area contributed by atoms with Crippen molar-refractivity contribution in [2.24, 2.45) is 11.8 Å². The molecule has 5 heteroatoms. The zero-order valence-electron chi connectivity index (χ0n) is 14.8. The lowest BCUT2D eigenvalue weighted by molar-refractivity contribution is 0.0751. The first-order chi connectivity index (χ1) is 13.2. The first-order valence-electron chi connectivity index (χ1n) is 9.19. The molecule has 2 fully saturated rings. The van der Waals surface area contributed by atoms with E-state index in [9.17, 15) is 9.59 Å². The molecule has 0 unspecified atom stereocenters. The number of ether oxygens (including phenoxy) is 1.